The van der Waals surface area contributed by atoms with Gasteiger partial charge in [0.15, 0.2) is 0 Å². The Bertz CT molecular complexity index is 643. The van der Waals surface area contributed by atoms with E-state index in [-0.39, 0.29) is 10.9 Å². The van der Waals surface area contributed by atoms with Gasteiger partial charge in [0.1, 0.15) is 0 Å². The minimum absolute atomic E-state index is 0.255. The number of aryl methyl sites for hydroxylation is 1. The summed E-state index contributed by atoms with van der Waals surface area (Å²) in [7, 11) is 0. The van der Waals surface area contributed by atoms with Crippen molar-refractivity contribution in [1.82, 2.24) is 0 Å². The highest BCUT2D eigenvalue weighted by Gasteiger charge is 2.13. The quantitative estimate of drug-likeness (QED) is 0.773. The number of carbonyl (C=O) groups is 1. The number of halogens is 3. The standard InChI is InChI=1S/C14H10BrCl2NO/c1-8-5-6-12(10(15)7-8)18-14(19)9-3-2-4-11(16)13(9)17/h2-7H,1H3,(H,18,19). The van der Waals surface area contributed by atoms with Crippen molar-refractivity contribution in [3.05, 3.63) is 62.0 Å². The third-order valence-electron chi connectivity index (χ3n) is 2.57. The van der Waals surface area contributed by atoms with Gasteiger partial charge in [0.2, 0.25) is 0 Å². The van der Waals surface area contributed by atoms with Crippen LogP contribution in [0, 0.1) is 6.92 Å². The summed E-state index contributed by atoms with van der Waals surface area (Å²) in [6, 6.07) is 10.6. The van der Waals surface area contributed by atoms with E-state index in [9.17, 15) is 4.79 Å². The first-order valence-electron chi connectivity index (χ1n) is 5.50. The summed E-state index contributed by atoms with van der Waals surface area (Å²) in [4.78, 5) is 12.1. The molecule has 1 amide bonds. The van der Waals surface area contributed by atoms with Crippen molar-refractivity contribution in [2.24, 2.45) is 0 Å². The third-order valence-corrected chi connectivity index (χ3v) is 4.04. The highest BCUT2D eigenvalue weighted by atomic mass is 79.9. The van der Waals surface area contributed by atoms with E-state index < -0.39 is 0 Å². The molecule has 0 aliphatic heterocycles. The Hall–Kier alpha value is -1.03. The van der Waals surface area contributed by atoms with Gasteiger partial charge in [-0.05, 0) is 52.7 Å². The lowest BCUT2D eigenvalue weighted by molar-refractivity contribution is 0.102. The van der Waals surface area contributed by atoms with Crippen molar-refractivity contribution in [1.29, 1.82) is 0 Å². The molecule has 0 fully saturated rings. The largest absolute Gasteiger partial charge is 0.321 e. The lowest BCUT2D eigenvalue weighted by Gasteiger charge is -2.09. The van der Waals surface area contributed by atoms with E-state index in [1.165, 1.54) is 0 Å². The van der Waals surface area contributed by atoms with Gasteiger partial charge in [0.05, 0.1) is 21.3 Å². The molecule has 0 bridgehead atoms. The molecule has 0 saturated carbocycles. The van der Waals surface area contributed by atoms with Crippen LogP contribution in [0.15, 0.2) is 40.9 Å². The summed E-state index contributed by atoms with van der Waals surface area (Å²) in [6.07, 6.45) is 0. The van der Waals surface area contributed by atoms with E-state index >= 15 is 0 Å². The minimum atomic E-state index is -0.294. The third kappa shape index (κ3) is 3.30. The SMILES string of the molecule is Cc1ccc(NC(=O)c2cccc(Cl)c2Cl)c(Br)c1. The molecule has 0 atom stereocenters. The lowest BCUT2D eigenvalue weighted by Crippen LogP contribution is -2.13. The molecule has 2 rings (SSSR count). The van der Waals surface area contributed by atoms with Crippen molar-refractivity contribution in [2.75, 3.05) is 5.32 Å². The van der Waals surface area contributed by atoms with E-state index in [1.807, 2.05) is 25.1 Å². The Morgan fingerprint density at radius 2 is 1.95 bits per heavy atom. The monoisotopic (exact) mass is 357 g/mol. The van der Waals surface area contributed by atoms with Gasteiger partial charge in [-0.2, -0.15) is 0 Å². The van der Waals surface area contributed by atoms with Gasteiger partial charge in [0, 0.05) is 4.47 Å². The second kappa shape index (κ2) is 5.95. The molecule has 19 heavy (non-hydrogen) atoms. The molecule has 0 heterocycles. The number of amides is 1. The number of nitrogens with one attached hydrogen (secondary N) is 1. The number of hydrogen-bond acceptors (Lipinski definition) is 1. The maximum atomic E-state index is 12.1. The number of benzene rings is 2. The maximum Gasteiger partial charge on any atom is 0.257 e. The second-order valence-corrected chi connectivity index (χ2v) is 5.68. The van der Waals surface area contributed by atoms with E-state index in [2.05, 4.69) is 21.2 Å². The van der Waals surface area contributed by atoms with Gasteiger partial charge >= 0.3 is 0 Å². The van der Waals surface area contributed by atoms with Crippen molar-refractivity contribution >= 4 is 50.7 Å². The second-order valence-electron chi connectivity index (χ2n) is 4.04. The van der Waals surface area contributed by atoms with E-state index in [4.69, 9.17) is 23.2 Å². The lowest BCUT2D eigenvalue weighted by atomic mass is 10.2. The van der Waals surface area contributed by atoms with Crippen LogP contribution >= 0.6 is 39.1 Å². The average molecular weight is 359 g/mol. The summed E-state index contributed by atoms with van der Waals surface area (Å²) in [6.45, 7) is 1.98. The van der Waals surface area contributed by atoms with Gasteiger partial charge in [-0.25, -0.2) is 0 Å². The molecular formula is C14H10BrCl2NO. The van der Waals surface area contributed by atoms with Crippen LogP contribution in [0.5, 0.6) is 0 Å². The average Bonchev–Trinajstić information content (AvgIpc) is 2.36. The first-order chi connectivity index (χ1) is 8.99. The van der Waals surface area contributed by atoms with Crippen LogP contribution in [0.4, 0.5) is 5.69 Å². The van der Waals surface area contributed by atoms with Gasteiger partial charge in [-0.3, -0.25) is 4.79 Å². The highest BCUT2D eigenvalue weighted by Crippen LogP contribution is 2.28. The normalized spacial score (nSPS) is 10.3. The zero-order valence-electron chi connectivity index (χ0n) is 10.0. The molecule has 0 saturated heterocycles. The molecule has 0 aliphatic rings. The molecule has 0 aromatic heterocycles. The smallest absolute Gasteiger partial charge is 0.257 e. The molecular weight excluding hydrogens is 349 g/mol. The van der Waals surface area contributed by atoms with Crippen LogP contribution in [0.1, 0.15) is 15.9 Å². The minimum Gasteiger partial charge on any atom is -0.321 e. The Morgan fingerprint density at radius 3 is 2.63 bits per heavy atom. The molecule has 5 heteroatoms. The first-order valence-corrected chi connectivity index (χ1v) is 7.05. The van der Waals surface area contributed by atoms with E-state index in [0.29, 0.717) is 16.3 Å². The Morgan fingerprint density at radius 1 is 1.21 bits per heavy atom. The van der Waals surface area contributed by atoms with Gasteiger partial charge in [-0.1, -0.05) is 35.3 Å². The predicted molar refractivity (Wildman–Crippen MR) is 83.3 cm³/mol. The van der Waals surface area contributed by atoms with Crippen LogP contribution in [0.2, 0.25) is 10.0 Å². The molecule has 2 aromatic rings. The number of anilines is 1. The summed E-state index contributed by atoms with van der Waals surface area (Å²) in [5.74, 6) is -0.294. The zero-order valence-corrected chi connectivity index (χ0v) is 13.1. The van der Waals surface area contributed by atoms with Crippen molar-refractivity contribution < 1.29 is 4.79 Å². The number of carbonyl (C=O) groups excluding carboxylic acids is 1. The van der Waals surface area contributed by atoms with E-state index in [0.717, 1.165) is 10.0 Å². The van der Waals surface area contributed by atoms with Gasteiger partial charge in [-0.15, -0.1) is 0 Å². The first kappa shape index (κ1) is 14.4. The van der Waals surface area contributed by atoms with Crippen LogP contribution in [-0.4, -0.2) is 5.91 Å². The number of hydrogen-bond donors (Lipinski definition) is 1. The molecule has 0 aliphatic carbocycles. The molecule has 2 aromatic carbocycles. The van der Waals surface area contributed by atoms with Gasteiger partial charge < -0.3 is 5.32 Å². The van der Waals surface area contributed by atoms with E-state index in [1.54, 1.807) is 18.2 Å². The number of rotatable bonds is 2. The van der Waals surface area contributed by atoms with Crippen molar-refractivity contribution in [2.45, 2.75) is 6.92 Å². The van der Waals surface area contributed by atoms with Crippen LogP contribution in [-0.2, 0) is 0 Å². The fourth-order valence-electron chi connectivity index (χ4n) is 1.59. The van der Waals surface area contributed by atoms with Crippen molar-refractivity contribution in [3.63, 3.8) is 0 Å². The summed E-state index contributed by atoms with van der Waals surface area (Å²) < 4.78 is 0.819. The molecule has 1 N–H and O–H groups in total. The molecule has 2 nitrogen and oxygen atoms in total. The topological polar surface area (TPSA) is 29.1 Å². The van der Waals surface area contributed by atoms with Crippen LogP contribution in [0.25, 0.3) is 0 Å². The fraction of sp³-hybridized carbons (Fsp3) is 0.0714. The Balaban J connectivity index is 2.28. The predicted octanol–water partition coefficient (Wildman–Crippen LogP) is 5.32. The summed E-state index contributed by atoms with van der Waals surface area (Å²) in [5, 5.41) is 3.41. The highest BCUT2D eigenvalue weighted by molar-refractivity contribution is 9.10. The molecule has 0 unspecified atom stereocenters. The van der Waals surface area contributed by atoms with Gasteiger partial charge in [0.25, 0.3) is 5.91 Å². The Labute approximate surface area is 129 Å². The fourth-order valence-corrected chi connectivity index (χ4v) is 2.57. The zero-order chi connectivity index (χ0) is 14.0. The van der Waals surface area contributed by atoms with Crippen LogP contribution < -0.4 is 5.32 Å². The summed E-state index contributed by atoms with van der Waals surface area (Å²) >= 11 is 15.3. The van der Waals surface area contributed by atoms with Crippen molar-refractivity contribution in [3.8, 4) is 0 Å². The molecule has 0 spiro atoms. The Kier molecular flexibility index (Phi) is 4.50. The summed E-state index contributed by atoms with van der Waals surface area (Å²) in [5.41, 5.74) is 2.14. The molecule has 98 valence electrons. The van der Waals surface area contributed by atoms with Crippen LogP contribution in [0.3, 0.4) is 0 Å². The molecule has 0 radical (unpaired) electrons. The maximum absolute atomic E-state index is 12.1.